The molecule has 4 heteroatoms. The van der Waals surface area contributed by atoms with Crippen LogP contribution in [-0.4, -0.2) is 39.5 Å². The Morgan fingerprint density at radius 3 is 2.53 bits per heavy atom. The van der Waals surface area contributed by atoms with Crippen LogP contribution in [0.3, 0.4) is 0 Å². The van der Waals surface area contributed by atoms with Crippen molar-refractivity contribution in [2.45, 2.75) is 49.9 Å². The summed E-state index contributed by atoms with van der Waals surface area (Å²) in [7, 11) is -0.774. The van der Waals surface area contributed by atoms with E-state index in [1.807, 2.05) is 6.92 Å². The van der Waals surface area contributed by atoms with Crippen LogP contribution in [0.2, 0.25) is 0 Å². The molecule has 1 rings (SSSR count). The normalized spacial score (nSPS) is 24.7. The first-order chi connectivity index (χ1) is 7.03. The molecule has 0 bridgehead atoms. The van der Waals surface area contributed by atoms with Gasteiger partial charge in [0, 0.05) is 35.4 Å². The number of rotatable bonds is 5. The highest BCUT2D eigenvalue weighted by Crippen LogP contribution is 2.27. The van der Waals surface area contributed by atoms with Crippen LogP contribution < -0.4 is 5.32 Å². The second-order valence-corrected chi connectivity index (χ2v) is 6.53. The Kier molecular flexibility index (Phi) is 5.23. The van der Waals surface area contributed by atoms with Crippen LogP contribution in [0.1, 0.15) is 39.0 Å². The molecule has 0 aliphatic heterocycles. The molecular weight excluding hydrogens is 210 g/mol. The van der Waals surface area contributed by atoms with E-state index >= 15 is 0 Å². The first-order valence-corrected chi connectivity index (χ1v) is 7.41. The Morgan fingerprint density at radius 1 is 1.40 bits per heavy atom. The topological polar surface area (TPSA) is 49.3 Å². The minimum Gasteiger partial charge on any atom is -0.389 e. The molecule has 0 spiro atoms. The van der Waals surface area contributed by atoms with Gasteiger partial charge in [-0.1, -0.05) is 19.3 Å². The summed E-state index contributed by atoms with van der Waals surface area (Å²) < 4.78 is 11.1. The fraction of sp³-hybridized carbons (Fsp3) is 1.00. The van der Waals surface area contributed by atoms with Crippen molar-refractivity contribution in [3.8, 4) is 0 Å². The minimum atomic E-state index is -0.774. The summed E-state index contributed by atoms with van der Waals surface area (Å²) in [5.41, 5.74) is -0.507. The van der Waals surface area contributed by atoms with E-state index in [4.69, 9.17) is 0 Å². The van der Waals surface area contributed by atoms with Crippen LogP contribution in [0.25, 0.3) is 0 Å². The number of aliphatic hydroxyl groups is 1. The van der Waals surface area contributed by atoms with Gasteiger partial charge in [-0.15, -0.1) is 0 Å². The minimum absolute atomic E-state index is 0.164. The molecule has 2 N–H and O–H groups in total. The molecule has 0 heterocycles. The predicted octanol–water partition coefficient (Wildman–Crippen LogP) is 1.04. The van der Waals surface area contributed by atoms with Crippen molar-refractivity contribution in [1.29, 1.82) is 0 Å². The SMILES string of the molecule is CC(CNCC1(O)CCCCC1)S(C)=O. The van der Waals surface area contributed by atoms with Crippen molar-refractivity contribution in [2.24, 2.45) is 0 Å². The summed E-state index contributed by atoms with van der Waals surface area (Å²) >= 11 is 0. The molecule has 2 unspecified atom stereocenters. The van der Waals surface area contributed by atoms with Crippen LogP contribution in [-0.2, 0) is 10.8 Å². The number of hydrogen-bond acceptors (Lipinski definition) is 3. The van der Waals surface area contributed by atoms with Gasteiger partial charge in [0.25, 0.3) is 0 Å². The average molecular weight is 233 g/mol. The van der Waals surface area contributed by atoms with Crippen LogP contribution in [0.15, 0.2) is 0 Å². The first-order valence-electron chi connectivity index (χ1n) is 5.79. The zero-order valence-electron chi connectivity index (χ0n) is 9.79. The lowest BCUT2D eigenvalue weighted by molar-refractivity contribution is 0.00519. The molecule has 90 valence electrons. The summed E-state index contributed by atoms with van der Waals surface area (Å²) in [5, 5.41) is 13.6. The van der Waals surface area contributed by atoms with Gasteiger partial charge < -0.3 is 10.4 Å². The standard InChI is InChI=1S/C11H23NO2S/c1-10(15(2)14)8-12-9-11(13)6-4-3-5-7-11/h10,12-13H,3-9H2,1-2H3. The number of hydrogen-bond donors (Lipinski definition) is 2. The smallest absolute Gasteiger partial charge is 0.0771 e. The summed E-state index contributed by atoms with van der Waals surface area (Å²) in [6.45, 7) is 3.34. The Hall–Kier alpha value is 0.0700. The largest absolute Gasteiger partial charge is 0.389 e. The van der Waals surface area contributed by atoms with Crippen molar-refractivity contribution < 1.29 is 9.32 Å². The lowest BCUT2D eigenvalue weighted by Gasteiger charge is -2.32. The van der Waals surface area contributed by atoms with Gasteiger partial charge in [0.1, 0.15) is 0 Å². The summed E-state index contributed by atoms with van der Waals surface area (Å²) in [6, 6.07) is 0. The second-order valence-electron chi connectivity index (χ2n) is 4.73. The van der Waals surface area contributed by atoms with Crippen LogP contribution in [0.4, 0.5) is 0 Å². The quantitative estimate of drug-likeness (QED) is 0.746. The molecule has 15 heavy (non-hydrogen) atoms. The molecule has 1 fully saturated rings. The van der Waals surface area contributed by atoms with E-state index in [1.54, 1.807) is 6.26 Å². The van der Waals surface area contributed by atoms with E-state index < -0.39 is 16.4 Å². The average Bonchev–Trinajstić information content (AvgIpc) is 2.18. The number of nitrogens with one attached hydrogen (secondary N) is 1. The van der Waals surface area contributed by atoms with Crippen LogP contribution in [0, 0.1) is 0 Å². The van der Waals surface area contributed by atoms with Crippen molar-refractivity contribution in [2.75, 3.05) is 19.3 Å². The highest BCUT2D eigenvalue weighted by atomic mass is 32.2. The van der Waals surface area contributed by atoms with E-state index in [1.165, 1.54) is 6.42 Å². The maximum absolute atomic E-state index is 11.1. The van der Waals surface area contributed by atoms with Gasteiger partial charge in [-0.25, -0.2) is 0 Å². The lowest BCUT2D eigenvalue weighted by atomic mass is 9.85. The first kappa shape index (κ1) is 13.1. The van der Waals surface area contributed by atoms with Gasteiger partial charge in [0.05, 0.1) is 5.60 Å². The molecule has 2 atom stereocenters. The molecular formula is C11H23NO2S. The Labute approximate surface area is 95.1 Å². The van der Waals surface area contributed by atoms with E-state index in [2.05, 4.69) is 5.32 Å². The Morgan fingerprint density at radius 2 is 2.00 bits per heavy atom. The van der Waals surface area contributed by atoms with Crippen molar-refractivity contribution in [3.63, 3.8) is 0 Å². The van der Waals surface area contributed by atoms with Crippen LogP contribution >= 0.6 is 0 Å². The zero-order chi connectivity index (χ0) is 11.3. The fourth-order valence-electron chi connectivity index (χ4n) is 2.01. The van der Waals surface area contributed by atoms with Crippen LogP contribution in [0.5, 0.6) is 0 Å². The van der Waals surface area contributed by atoms with Gasteiger partial charge >= 0.3 is 0 Å². The third-order valence-electron chi connectivity index (χ3n) is 3.24. The molecule has 1 aliphatic rings. The molecule has 0 saturated heterocycles. The third kappa shape index (κ3) is 4.62. The fourth-order valence-corrected chi connectivity index (χ4v) is 2.36. The van der Waals surface area contributed by atoms with Crippen molar-refractivity contribution in [3.05, 3.63) is 0 Å². The molecule has 0 aromatic rings. The highest BCUT2D eigenvalue weighted by Gasteiger charge is 2.28. The van der Waals surface area contributed by atoms with Gasteiger partial charge in [0.2, 0.25) is 0 Å². The summed E-state index contributed by atoms with van der Waals surface area (Å²) in [6.07, 6.45) is 7.05. The van der Waals surface area contributed by atoms with E-state index in [0.29, 0.717) is 6.54 Å². The molecule has 1 saturated carbocycles. The molecule has 0 aromatic carbocycles. The maximum atomic E-state index is 11.1. The highest BCUT2D eigenvalue weighted by molar-refractivity contribution is 7.84. The molecule has 1 aliphatic carbocycles. The monoisotopic (exact) mass is 233 g/mol. The molecule has 0 aromatic heterocycles. The Balaban J connectivity index is 2.21. The van der Waals surface area contributed by atoms with Crippen molar-refractivity contribution in [1.82, 2.24) is 5.32 Å². The molecule has 3 nitrogen and oxygen atoms in total. The van der Waals surface area contributed by atoms with Gasteiger partial charge in [-0.2, -0.15) is 0 Å². The summed E-state index contributed by atoms with van der Waals surface area (Å²) in [5.74, 6) is 0. The van der Waals surface area contributed by atoms with E-state index in [9.17, 15) is 9.32 Å². The lowest BCUT2D eigenvalue weighted by Crippen LogP contribution is -2.44. The van der Waals surface area contributed by atoms with E-state index in [-0.39, 0.29) is 5.25 Å². The van der Waals surface area contributed by atoms with E-state index in [0.717, 1.165) is 32.2 Å². The predicted molar refractivity (Wildman–Crippen MR) is 64.4 cm³/mol. The second kappa shape index (κ2) is 5.97. The van der Waals surface area contributed by atoms with Gasteiger partial charge in [0.15, 0.2) is 0 Å². The van der Waals surface area contributed by atoms with Gasteiger partial charge in [-0.05, 0) is 19.8 Å². The molecule has 0 amide bonds. The zero-order valence-corrected chi connectivity index (χ0v) is 10.6. The summed E-state index contributed by atoms with van der Waals surface area (Å²) in [4.78, 5) is 0. The Bertz CT molecular complexity index is 215. The molecule has 0 radical (unpaired) electrons. The van der Waals surface area contributed by atoms with Crippen molar-refractivity contribution >= 4 is 10.8 Å². The maximum Gasteiger partial charge on any atom is 0.0771 e. The third-order valence-corrected chi connectivity index (χ3v) is 4.54. The van der Waals surface area contributed by atoms with Gasteiger partial charge in [-0.3, -0.25) is 4.21 Å².